The van der Waals surface area contributed by atoms with E-state index in [0.29, 0.717) is 12.1 Å². The molecule has 2 rings (SSSR count). The fourth-order valence-electron chi connectivity index (χ4n) is 1.93. The largest absolute Gasteiger partial charge is 0.477 e. The molecule has 0 aliphatic heterocycles. The zero-order valence-electron chi connectivity index (χ0n) is 11.6. The minimum atomic E-state index is -3.78. The molecule has 0 unspecified atom stereocenters. The van der Waals surface area contributed by atoms with Gasteiger partial charge in [0.2, 0.25) is 0 Å². The Hall–Kier alpha value is -1.86. The van der Waals surface area contributed by atoms with E-state index in [-0.39, 0.29) is 9.77 Å². The molecule has 1 aromatic heterocycles. The highest BCUT2D eigenvalue weighted by atomic mass is 32.2. The van der Waals surface area contributed by atoms with Gasteiger partial charge in [0.05, 0.1) is 10.6 Å². The molecule has 1 heterocycles. The summed E-state index contributed by atoms with van der Waals surface area (Å²) in [6.45, 7) is 3.77. The van der Waals surface area contributed by atoms with Crippen LogP contribution in [-0.2, 0) is 16.4 Å². The maximum absolute atomic E-state index is 12.4. The van der Waals surface area contributed by atoms with Crippen molar-refractivity contribution < 1.29 is 18.3 Å². The molecule has 0 saturated heterocycles. The maximum atomic E-state index is 12.4. The number of carbonyl (C=O) groups is 1. The summed E-state index contributed by atoms with van der Waals surface area (Å²) >= 11 is 0.891. The summed E-state index contributed by atoms with van der Waals surface area (Å²) < 4.78 is 27.3. The summed E-state index contributed by atoms with van der Waals surface area (Å²) in [6, 6.07) is 6.73. The van der Waals surface area contributed by atoms with Crippen LogP contribution in [0.2, 0.25) is 0 Å². The summed E-state index contributed by atoms with van der Waals surface area (Å²) in [5, 5.41) is 10.2. The first-order valence-corrected chi connectivity index (χ1v) is 8.64. The Labute approximate surface area is 127 Å². The quantitative estimate of drug-likeness (QED) is 0.884. The molecular formula is C14H15NO4S2. The van der Waals surface area contributed by atoms with Crippen molar-refractivity contribution >= 4 is 33.0 Å². The van der Waals surface area contributed by atoms with Crippen molar-refractivity contribution in [2.75, 3.05) is 4.72 Å². The molecule has 0 bridgehead atoms. The number of hydrogen-bond donors (Lipinski definition) is 2. The zero-order chi connectivity index (χ0) is 15.6. The lowest BCUT2D eigenvalue weighted by atomic mass is 10.1. The van der Waals surface area contributed by atoms with E-state index in [1.165, 1.54) is 11.4 Å². The smallest absolute Gasteiger partial charge is 0.345 e. The monoisotopic (exact) mass is 325 g/mol. The first-order chi connectivity index (χ1) is 9.85. The molecule has 0 amide bonds. The number of sulfonamides is 1. The van der Waals surface area contributed by atoms with Crippen molar-refractivity contribution in [2.24, 2.45) is 0 Å². The van der Waals surface area contributed by atoms with Gasteiger partial charge in [0.15, 0.2) is 0 Å². The van der Waals surface area contributed by atoms with Crippen molar-refractivity contribution in [3.8, 4) is 0 Å². The van der Waals surface area contributed by atoms with Crippen molar-refractivity contribution in [3.63, 3.8) is 0 Å². The van der Waals surface area contributed by atoms with Gasteiger partial charge in [0, 0.05) is 5.38 Å². The van der Waals surface area contributed by atoms with E-state index in [9.17, 15) is 13.2 Å². The number of thiophene rings is 1. The molecule has 112 valence electrons. The summed E-state index contributed by atoms with van der Waals surface area (Å²) in [5.41, 5.74) is 2.28. The van der Waals surface area contributed by atoms with E-state index in [2.05, 4.69) is 4.72 Å². The van der Waals surface area contributed by atoms with Gasteiger partial charge in [-0.1, -0.05) is 25.1 Å². The predicted molar refractivity (Wildman–Crippen MR) is 82.6 cm³/mol. The van der Waals surface area contributed by atoms with Gasteiger partial charge in [-0.15, -0.1) is 11.3 Å². The fraction of sp³-hybridized carbons (Fsp3) is 0.214. The molecule has 0 spiro atoms. The van der Waals surface area contributed by atoms with Crippen molar-refractivity contribution in [1.29, 1.82) is 0 Å². The molecule has 21 heavy (non-hydrogen) atoms. The third-order valence-electron chi connectivity index (χ3n) is 3.07. The molecule has 7 heteroatoms. The number of carboxylic acids is 1. The van der Waals surface area contributed by atoms with E-state index in [1.54, 1.807) is 0 Å². The predicted octanol–water partition coefficient (Wildman–Crippen LogP) is 3.12. The minimum absolute atomic E-state index is 0.00382. The van der Waals surface area contributed by atoms with Gasteiger partial charge in [-0.25, -0.2) is 13.2 Å². The molecular weight excluding hydrogens is 310 g/mol. The standard InChI is InChI=1S/C14H15NO4S2/c1-3-10-6-4-5-9(2)13(10)15-21(18,19)11-7-12(14(16)17)20-8-11/h4-8,15H,3H2,1-2H3,(H,16,17). The second-order valence-corrected chi connectivity index (χ2v) is 7.11. The van der Waals surface area contributed by atoms with Crippen LogP contribution in [0.3, 0.4) is 0 Å². The molecule has 0 saturated carbocycles. The van der Waals surface area contributed by atoms with Crippen molar-refractivity contribution in [3.05, 3.63) is 45.6 Å². The third kappa shape index (κ3) is 3.25. The average Bonchev–Trinajstić information content (AvgIpc) is 2.91. The lowest BCUT2D eigenvalue weighted by Crippen LogP contribution is -2.14. The lowest BCUT2D eigenvalue weighted by Gasteiger charge is -2.13. The highest BCUT2D eigenvalue weighted by Gasteiger charge is 2.20. The Morgan fingerprint density at radius 2 is 2.10 bits per heavy atom. The van der Waals surface area contributed by atoms with E-state index < -0.39 is 16.0 Å². The number of aryl methyl sites for hydroxylation is 2. The van der Waals surface area contributed by atoms with E-state index in [1.807, 2.05) is 32.0 Å². The molecule has 0 aliphatic rings. The van der Waals surface area contributed by atoms with Crippen LogP contribution in [0.15, 0.2) is 34.5 Å². The maximum Gasteiger partial charge on any atom is 0.345 e. The van der Waals surface area contributed by atoms with Crippen LogP contribution >= 0.6 is 11.3 Å². The van der Waals surface area contributed by atoms with E-state index in [0.717, 1.165) is 22.5 Å². The van der Waals surface area contributed by atoms with Crippen molar-refractivity contribution in [2.45, 2.75) is 25.2 Å². The van der Waals surface area contributed by atoms with Crippen LogP contribution < -0.4 is 4.72 Å². The Kier molecular flexibility index (Phi) is 4.34. The molecule has 2 aromatic rings. The van der Waals surface area contributed by atoms with Crippen molar-refractivity contribution in [1.82, 2.24) is 0 Å². The first kappa shape index (κ1) is 15.5. The minimum Gasteiger partial charge on any atom is -0.477 e. The third-order valence-corrected chi connectivity index (χ3v) is 5.47. The number of rotatable bonds is 5. The van der Waals surface area contributed by atoms with Crippen LogP contribution in [0.25, 0.3) is 0 Å². The lowest BCUT2D eigenvalue weighted by molar-refractivity contribution is 0.0702. The normalized spacial score (nSPS) is 11.3. The zero-order valence-corrected chi connectivity index (χ0v) is 13.2. The number of carboxylic acid groups (broad SMARTS) is 1. The molecule has 0 atom stereocenters. The molecule has 0 aliphatic carbocycles. The van der Waals surface area contributed by atoms with Gasteiger partial charge in [-0.3, -0.25) is 4.72 Å². The number of hydrogen-bond acceptors (Lipinski definition) is 4. The Morgan fingerprint density at radius 3 is 2.67 bits per heavy atom. The van der Waals surface area contributed by atoms with Crippen LogP contribution in [0.4, 0.5) is 5.69 Å². The van der Waals surface area contributed by atoms with Gasteiger partial charge in [-0.05, 0) is 30.5 Å². The van der Waals surface area contributed by atoms with Gasteiger partial charge in [0.25, 0.3) is 10.0 Å². The topological polar surface area (TPSA) is 83.5 Å². The number of nitrogens with one attached hydrogen (secondary N) is 1. The SMILES string of the molecule is CCc1cccc(C)c1NS(=O)(=O)c1csc(C(=O)O)c1. The highest BCUT2D eigenvalue weighted by molar-refractivity contribution is 7.92. The summed E-state index contributed by atoms with van der Waals surface area (Å²) in [4.78, 5) is 10.8. The summed E-state index contributed by atoms with van der Waals surface area (Å²) in [7, 11) is -3.78. The van der Waals surface area contributed by atoms with Gasteiger partial charge >= 0.3 is 5.97 Å². The number of aromatic carboxylic acids is 1. The fourth-order valence-corrected chi connectivity index (χ4v) is 4.22. The molecule has 0 radical (unpaired) electrons. The Morgan fingerprint density at radius 1 is 1.38 bits per heavy atom. The molecule has 0 fully saturated rings. The summed E-state index contributed by atoms with van der Waals surface area (Å²) in [5.74, 6) is -1.13. The van der Waals surface area contributed by atoms with Gasteiger partial charge in [-0.2, -0.15) is 0 Å². The second kappa shape index (κ2) is 5.87. The number of anilines is 1. The molecule has 2 N–H and O–H groups in total. The average molecular weight is 325 g/mol. The number of benzene rings is 1. The Balaban J connectivity index is 2.40. The van der Waals surface area contributed by atoms with Gasteiger partial charge < -0.3 is 5.11 Å². The molecule has 5 nitrogen and oxygen atoms in total. The number of para-hydroxylation sites is 1. The van der Waals surface area contributed by atoms with Crippen LogP contribution in [0, 0.1) is 6.92 Å². The highest BCUT2D eigenvalue weighted by Crippen LogP contribution is 2.26. The first-order valence-electron chi connectivity index (χ1n) is 6.28. The Bertz CT molecular complexity index is 778. The van der Waals surface area contributed by atoms with Crippen LogP contribution in [-0.4, -0.2) is 19.5 Å². The van der Waals surface area contributed by atoms with E-state index in [4.69, 9.17) is 5.11 Å². The van der Waals surface area contributed by atoms with Crippen LogP contribution in [0.1, 0.15) is 27.7 Å². The molecule has 1 aromatic carbocycles. The van der Waals surface area contributed by atoms with E-state index >= 15 is 0 Å². The summed E-state index contributed by atoms with van der Waals surface area (Å²) in [6.07, 6.45) is 0.698. The van der Waals surface area contributed by atoms with Crippen LogP contribution in [0.5, 0.6) is 0 Å². The van der Waals surface area contributed by atoms with Gasteiger partial charge in [0.1, 0.15) is 4.88 Å². The second-order valence-electron chi connectivity index (χ2n) is 4.52.